The second kappa shape index (κ2) is 3.92. The first-order valence-electron chi connectivity index (χ1n) is 3.74. The molecule has 0 fully saturated rings. The van der Waals surface area contributed by atoms with Crippen LogP contribution in [0.25, 0.3) is 0 Å². The van der Waals surface area contributed by atoms with Crippen LogP contribution >= 0.6 is 0 Å². The SMILES string of the molecule is Cc1cnc(C=O)c(C#N)c1C(F)F. The Bertz CT molecular complexity index is 410. The van der Waals surface area contributed by atoms with Gasteiger partial charge in [0.25, 0.3) is 6.43 Å². The van der Waals surface area contributed by atoms with E-state index in [1.165, 1.54) is 6.92 Å². The number of aldehydes is 1. The largest absolute Gasteiger partial charge is 0.296 e. The monoisotopic (exact) mass is 196 g/mol. The summed E-state index contributed by atoms with van der Waals surface area (Å²) in [6.07, 6.45) is -1.32. The van der Waals surface area contributed by atoms with Crippen molar-refractivity contribution in [3.63, 3.8) is 0 Å². The molecule has 72 valence electrons. The Morgan fingerprint density at radius 1 is 1.64 bits per heavy atom. The maximum absolute atomic E-state index is 12.5. The molecule has 0 bridgehead atoms. The Hall–Kier alpha value is -1.83. The number of halogens is 2. The molecule has 0 spiro atoms. The molecule has 1 heterocycles. The summed E-state index contributed by atoms with van der Waals surface area (Å²) in [4.78, 5) is 14.0. The average Bonchev–Trinajstić information content (AvgIpc) is 2.16. The standard InChI is InChI=1S/C9H6F2N2O/c1-5-3-13-7(4-14)6(2-12)8(5)9(10)11/h3-4,9H,1H3. The summed E-state index contributed by atoms with van der Waals surface area (Å²) in [5.41, 5.74) is -0.782. The topological polar surface area (TPSA) is 53.8 Å². The van der Waals surface area contributed by atoms with Crippen LogP contribution in [0.4, 0.5) is 8.78 Å². The van der Waals surface area contributed by atoms with Gasteiger partial charge in [-0.25, -0.2) is 8.78 Å². The lowest BCUT2D eigenvalue weighted by Crippen LogP contribution is -2.02. The average molecular weight is 196 g/mol. The smallest absolute Gasteiger partial charge is 0.265 e. The van der Waals surface area contributed by atoms with Gasteiger partial charge in [-0.3, -0.25) is 9.78 Å². The van der Waals surface area contributed by atoms with Gasteiger partial charge in [-0.2, -0.15) is 5.26 Å². The number of pyridine rings is 1. The molecular weight excluding hydrogens is 190 g/mol. The maximum atomic E-state index is 12.5. The second-order valence-electron chi connectivity index (χ2n) is 2.65. The van der Waals surface area contributed by atoms with E-state index < -0.39 is 12.0 Å². The van der Waals surface area contributed by atoms with Gasteiger partial charge in [0, 0.05) is 11.8 Å². The van der Waals surface area contributed by atoms with E-state index in [0.29, 0.717) is 6.29 Å². The number of hydrogen-bond acceptors (Lipinski definition) is 3. The molecule has 0 aliphatic rings. The molecule has 1 rings (SSSR count). The quantitative estimate of drug-likeness (QED) is 0.680. The predicted molar refractivity (Wildman–Crippen MR) is 44.0 cm³/mol. The lowest BCUT2D eigenvalue weighted by atomic mass is 10.0. The van der Waals surface area contributed by atoms with Gasteiger partial charge in [-0.1, -0.05) is 0 Å². The highest BCUT2D eigenvalue weighted by Gasteiger charge is 2.19. The third kappa shape index (κ3) is 1.59. The number of carbonyl (C=O) groups is 1. The number of carbonyl (C=O) groups excluding carboxylic acids is 1. The van der Waals surface area contributed by atoms with Crippen molar-refractivity contribution < 1.29 is 13.6 Å². The van der Waals surface area contributed by atoms with Crippen LogP contribution in [0, 0.1) is 18.3 Å². The first kappa shape index (κ1) is 10.3. The van der Waals surface area contributed by atoms with E-state index in [2.05, 4.69) is 4.98 Å². The summed E-state index contributed by atoms with van der Waals surface area (Å²) in [5.74, 6) is 0. The molecular formula is C9H6F2N2O. The van der Waals surface area contributed by atoms with Crippen LogP contribution in [-0.4, -0.2) is 11.3 Å². The summed E-state index contributed by atoms with van der Waals surface area (Å²) in [6.45, 7) is 1.42. The first-order chi connectivity index (χ1) is 6.61. The zero-order valence-corrected chi connectivity index (χ0v) is 7.29. The number of aromatic nitrogens is 1. The normalized spacial score (nSPS) is 9.93. The van der Waals surface area contributed by atoms with Crippen LogP contribution in [0.2, 0.25) is 0 Å². The van der Waals surface area contributed by atoms with Crippen LogP contribution < -0.4 is 0 Å². The highest BCUT2D eigenvalue weighted by atomic mass is 19.3. The number of nitriles is 1. The summed E-state index contributed by atoms with van der Waals surface area (Å²) >= 11 is 0. The lowest BCUT2D eigenvalue weighted by molar-refractivity contribution is 0.111. The van der Waals surface area contributed by atoms with Gasteiger partial charge in [-0.05, 0) is 12.5 Å². The third-order valence-electron chi connectivity index (χ3n) is 1.79. The van der Waals surface area contributed by atoms with Gasteiger partial charge in [0.1, 0.15) is 11.8 Å². The molecule has 1 aromatic rings. The van der Waals surface area contributed by atoms with E-state index in [1.54, 1.807) is 6.07 Å². The first-order valence-corrected chi connectivity index (χ1v) is 3.74. The van der Waals surface area contributed by atoms with Crippen LogP contribution in [0.3, 0.4) is 0 Å². The highest BCUT2D eigenvalue weighted by Crippen LogP contribution is 2.26. The Balaban J connectivity index is 3.52. The molecule has 0 radical (unpaired) electrons. The molecule has 0 aliphatic carbocycles. The van der Waals surface area contributed by atoms with E-state index in [4.69, 9.17) is 5.26 Å². The Labute approximate surface area is 79.0 Å². The van der Waals surface area contributed by atoms with Crippen molar-refractivity contribution in [1.82, 2.24) is 4.98 Å². The molecule has 3 nitrogen and oxygen atoms in total. The van der Waals surface area contributed by atoms with Crippen molar-refractivity contribution in [1.29, 1.82) is 5.26 Å². The van der Waals surface area contributed by atoms with E-state index >= 15 is 0 Å². The van der Waals surface area contributed by atoms with Crippen molar-refractivity contribution in [2.75, 3.05) is 0 Å². The highest BCUT2D eigenvalue weighted by molar-refractivity contribution is 5.77. The molecule has 0 saturated carbocycles. The molecule has 0 amide bonds. The molecule has 5 heteroatoms. The minimum atomic E-state index is -2.77. The van der Waals surface area contributed by atoms with Crippen molar-refractivity contribution in [3.8, 4) is 6.07 Å². The number of aryl methyl sites for hydroxylation is 1. The van der Waals surface area contributed by atoms with Gasteiger partial charge in [-0.15, -0.1) is 0 Å². The van der Waals surface area contributed by atoms with Gasteiger partial charge in [0.2, 0.25) is 0 Å². The summed E-state index contributed by atoms with van der Waals surface area (Å²) in [5, 5.41) is 8.62. The van der Waals surface area contributed by atoms with E-state index in [1.807, 2.05) is 0 Å². The molecule has 0 saturated heterocycles. The van der Waals surface area contributed by atoms with E-state index in [0.717, 1.165) is 6.20 Å². The summed E-state index contributed by atoms with van der Waals surface area (Å²) < 4.78 is 25.0. The number of nitrogens with zero attached hydrogens (tertiary/aromatic N) is 2. The van der Waals surface area contributed by atoms with Crippen LogP contribution in [0.5, 0.6) is 0 Å². The second-order valence-corrected chi connectivity index (χ2v) is 2.65. The lowest BCUT2D eigenvalue weighted by Gasteiger charge is -2.07. The fraction of sp³-hybridized carbons (Fsp3) is 0.222. The maximum Gasteiger partial charge on any atom is 0.265 e. The van der Waals surface area contributed by atoms with Gasteiger partial charge < -0.3 is 0 Å². The Morgan fingerprint density at radius 2 is 2.29 bits per heavy atom. The van der Waals surface area contributed by atoms with Gasteiger partial charge in [0.05, 0.1) is 5.56 Å². The molecule has 0 aromatic carbocycles. The van der Waals surface area contributed by atoms with Crippen LogP contribution in [-0.2, 0) is 0 Å². The van der Waals surface area contributed by atoms with E-state index in [-0.39, 0.29) is 16.8 Å². The predicted octanol–water partition coefficient (Wildman–Crippen LogP) is 2.01. The zero-order valence-electron chi connectivity index (χ0n) is 7.29. The van der Waals surface area contributed by atoms with Crippen LogP contribution in [0.1, 0.15) is 33.6 Å². The van der Waals surface area contributed by atoms with Gasteiger partial charge >= 0.3 is 0 Å². The summed E-state index contributed by atoms with van der Waals surface area (Å²) in [7, 11) is 0. The fourth-order valence-corrected chi connectivity index (χ4v) is 1.12. The number of alkyl halides is 2. The Morgan fingerprint density at radius 3 is 2.71 bits per heavy atom. The minimum Gasteiger partial charge on any atom is -0.296 e. The molecule has 1 aromatic heterocycles. The Kier molecular flexibility index (Phi) is 2.87. The van der Waals surface area contributed by atoms with E-state index in [9.17, 15) is 13.6 Å². The third-order valence-corrected chi connectivity index (χ3v) is 1.79. The molecule has 0 N–H and O–H groups in total. The van der Waals surface area contributed by atoms with Gasteiger partial charge in [0.15, 0.2) is 6.29 Å². The molecule has 0 aliphatic heterocycles. The minimum absolute atomic E-state index is 0.210. The van der Waals surface area contributed by atoms with Crippen molar-refractivity contribution in [3.05, 3.63) is 28.6 Å². The van der Waals surface area contributed by atoms with Crippen molar-refractivity contribution in [2.45, 2.75) is 13.3 Å². The zero-order chi connectivity index (χ0) is 10.7. The molecule has 14 heavy (non-hydrogen) atoms. The molecule has 0 atom stereocenters. The van der Waals surface area contributed by atoms with Crippen molar-refractivity contribution in [2.24, 2.45) is 0 Å². The number of hydrogen-bond donors (Lipinski definition) is 0. The van der Waals surface area contributed by atoms with Crippen molar-refractivity contribution >= 4 is 6.29 Å². The summed E-state index contributed by atoms with van der Waals surface area (Å²) in [6, 6.07) is 1.56. The number of rotatable bonds is 2. The van der Waals surface area contributed by atoms with Crippen LogP contribution in [0.15, 0.2) is 6.20 Å². The fourth-order valence-electron chi connectivity index (χ4n) is 1.12. The molecule has 0 unspecified atom stereocenters.